The first-order valence-corrected chi connectivity index (χ1v) is 49.8. The average Bonchev–Trinajstić information content (AvgIpc) is 2.58. The van der Waals surface area contributed by atoms with Crippen LogP contribution in [0.3, 0.4) is 0 Å². The van der Waals surface area contributed by atoms with Crippen LogP contribution in [-0.2, 0) is 334 Å². The van der Waals surface area contributed by atoms with Crippen LogP contribution < -0.4 is 0 Å². The SMILES string of the molecule is O=P([O][Mo](=[O])(=[O])[O][Mo](=[O])(=[O])[O][Mo](=[O])(=[O])[O][Mo](=[O])(=[O])[OH])([O][Mo](=[O])(=[O])[O][Mo](=[O])(=[O])[O][Mo](=[O])(=[O])[O][Mo](=[O])(=[O])[OH])[O][Mo](=[O])(=[O])[O][Mo](=[O])(=[O])[O][Mo](=[O])(=[O])[O][Mo](=[O])(=[O])[OH].[Al+3].[Zn+2]. The van der Waals surface area contributed by atoms with Gasteiger partial charge in [0.25, 0.3) is 0 Å². The molecule has 55 heteroatoms. The molecule has 0 rings (SSSR count). The second kappa shape index (κ2) is 21.5. The van der Waals surface area contributed by atoms with Crippen LogP contribution in [0.4, 0.5) is 0 Å². The first-order chi connectivity index (χ1) is 22.5. The van der Waals surface area contributed by atoms with Crippen molar-refractivity contribution in [3.63, 3.8) is 0 Å². The summed E-state index contributed by atoms with van der Waals surface area (Å²) in [6.07, 6.45) is 0. The van der Waals surface area contributed by atoms with Crippen molar-refractivity contribution in [1.82, 2.24) is 0 Å². The van der Waals surface area contributed by atoms with E-state index in [0.717, 1.165) is 0 Å². The molecule has 0 aromatic carbocycles. The molecule has 0 fully saturated rings. The van der Waals surface area contributed by atoms with E-state index in [2.05, 4.69) is 27.9 Å². The minimum absolute atomic E-state index is 0. The number of hydrogen-bond acceptors (Lipinski definition) is 37. The Hall–Kier alpha value is 4.25. The van der Waals surface area contributed by atoms with Gasteiger partial charge in [-0.2, -0.15) is 0 Å². The first-order valence-electron chi connectivity index (χ1n) is 8.78. The van der Waals surface area contributed by atoms with Crippen molar-refractivity contribution in [1.29, 1.82) is 0 Å². The maximum atomic E-state index is 12.8. The van der Waals surface area contributed by atoms with Gasteiger partial charge in [-0.1, -0.05) is 0 Å². The summed E-state index contributed by atoms with van der Waals surface area (Å²) in [6, 6.07) is 0. The van der Waals surface area contributed by atoms with E-state index in [-0.39, 0.29) is 36.8 Å². The van der Waals surface area contributed by atoms with Gasteiger partial charge in [-0.05, 0) is 0 Å². The van der Waals surface area contributed by atoms with E-state index in [1.165, 1.54) is 0 Å². The van der Waals surface area contributed by atoms with Gasteiger partial charge in [-0.15, -0.1) is 0 Å². The smallest absolute Gasteiger partial charge is 2.00 e. The molecule has 0 spiro atoms. The molecular formula is H3AlMo12O40PZn+5. The van der Waals surface area contributed by atoms with Gasteiger partial charge in [0, 0.05) is 0 Å². The summed E-state index contributed by atoms with van der Waals surface area (Å²) < 4.78 is 347. The van der Waals surface area contributed by atoms with Gasteiger partial charge in [0.1, 0.15) is 0 Å². The maximum Gasteiger partial charge on any atom is 3.00 e. The maximum absolute atomic E-state index is 12.8. The van der Waals surface area contributed by atoms with E-state index in [1.807, 2.05) is 0 Å². The molecule has 0 amide bonds. The van der Waals surface area contributed by atoms with Gasteiger partial charge < -0.3 is 0 Å². The van der Waals surface area contributed by atoms with Crippen LogP contribution in [0.25, 0.3) is 0 Å². The zero-order valence-corrected chi connectivity index (χ0v) is 52.2. The number of hydrogen-bond donors (Lipinski definition) is 3. The van der Waals surface area contributed by atoms with E-state index < -0.39 is 209 Å². The second-order valence-electron chi connectivity index (χ2n) is 6.24. The minimum Gasteiger partial charge on any atom is 2.00 e. The van der Waals surface area contributed by atoms with Gasteiger partial charge in [0.05, 0.1) is 0 Å². The molecule has 0 unspecified atom stereocenters. The molecule has 0 bridgehead atoms. The summed E-state index contributed by atoms with van der Waals surface area (Å²) in [6.45, 7) is 0. The topological polar surface area (TPSA) is 598 Å². The Morgan fingerprint density at radius 3 is 0.545 bits per heavy atom. The first kappa shape index (κ1) is 63.5. The van der Waals surface area contributed by atoms with E-state index in [0.29, 0.717) is 0 Å². The molecule has 0 aromatic rings. The van der Waals surface area contributed by atoms with Crippen LogP contribution in [0.1, 0.15) is 0 Å². The molecule has 0 radical (unpaired) electrons. The predicted octanol–water partition coefficient (Wildman–Crippen LogP) is -5.01. The number of rotatable bonds is 24. The zero-order valence-electron chi connectivity index (χ0n) is 23.1. The van der Waals surface area contributed by atoms with Gasteiger partial charge in [-0.25, -0.2) is 0 Å². The fourth-order valence-electron chi connectivity index (χ4n) is 1.41. The third kappa shape index (κ3) is 31.7. The van der Waals surface area contributed by atoms with Gasteiger partial charge >= 0.3 is 371 Å². The van der Waals surface area contributed by atoms with Crippen LogP contribution in [0, 0.1) is 0 Å². The fourth-order valence-corrected chi connectivity index (χ4v) is 60.4. The molecule has 40 nitrogen and oxygen atoms in total. The summed E-state index contributed by atoms with van der Waals surface area (Å²) in [5, 5.41) is 0. The van der Waals surface area contributed by atoms with Crippen molar-refractivity contribution in [2.45, 2.75) is 0 Å². The third-order valence-electron chi connectivity index (χ3n) is 2.06. The van der Waals surface area contributed by atoms with Crippen molar-refractivity contribution < 1.29 is 346 Å². The molecule has 3 N–H and O–H groups in total. The summed E-state index contributed by atoms with van der Waals surface area (Å²) in [5.41, 5.74) is 0. The summed E-state index contributed by atoms with van der Waals surface area (Å²) in [5.74, 6) is 0. The third-order valence-corrected chi connectivity index (χ3v) is 62.5. The average molecular weight is 1920 g/mol. The Morgan fingerprint density at radius 2 is 0.400 bits per heavy atom. The molecule has 0 aliphatic rings. The van der Waals surface area contributed by atoms with E-state index in [4.69, 9.17) is 11.3 Å². The monoisotopic (exact) mass is 1940 g/mol. The molecule has 0 aliphatic carbocycles. The summed E-state index contributed by atoms with van der Waals surface area (Å²) in [4.78, 5) is 0. The Bertz CT molecular complexity index is 2520. The van der Waals surface area contributed by atoms with Crippen molar-refractivity contribution >= 4 is 25.2 Å². The predicted molar refractivity (Wildman–Crippen MR) is 49.5 cm³/mol. The van der Waals surface area contributed by atoms with E-state index in [9.17, 15) is 86.1 Å². The minimum atomic E-state index is -8.79. The van der Waals surface area contributed by atoms with Crippen molar-refractivity contribution in [2.24, 2.45) is 0 Å². The second-order valence-corrected chi connectivity index (χ2v) is 56.1. The van der Waals surface area contributed by atoms with Gasteiger partial charge in [0.2, 0.25) is 0 Å². The Balaban J connectivity index is -0.0000135. The standard InChI is InChI=1S/Al.12Mo.H3O4P.3H2O.33O.Zn/c;;;;;;;;;;;;;1-5(2,3)4;;;;;;;;;;;;;;;;;;;;;;;;;;;;;;;;;;;;;/h;;;;;;;;;;;;;(H3,1,2,3,4);3*1H2;;;;;;;;;;;;;;;;;;;;;;;;;;;;;;;;;;/q+3;;;;;;;6*+1;;;;;;;;;;;;;;;;;;;;;;;;;;;;;;;;;;;;;;+2/p-6. The molecule has 55 heavy (non-hydrogen) atoms. The molecule has 0 heterocycles. The molecule has 0 atom stereocenters. The molecular weight excluding hydrogens is 1910 g/mol. The van der Waals surface area contributed by atoms with Crippen LogP contribution in [0.5, 0.6) is 0 Å². The van der Waals surface area contributed by atoms with Crippen molar-refractivity contribution in [3.05, 3.63) is 0 Å². The zero-order chi connectivity index (χ0) is 43.0. The summed E-state index contributed by atoms with van der Waals surface area (Å²) >= 11 is -97.4. The number of phosphoric acid groups is 1. The van der Waals surface area contributed by atoms with Crippen LogP contribution in [0.15, 0.2) is 0 Å². The molecule has 0 aliphatic heterocycles. The quantitative estimate of drug-likeness (QED) is 0.0602. The molecule has 0 saturated carbocycles. The molecule has 0 saturated heterocycles. The van der Waals surface area contributed by atoms with E-state index in [1.54, 1.807) is 0 Å². The Kier molecular flexibility index (Phi) is 24.8. The van der Waals surface area contributed by atoms with Gasteiger partial charge in [-0.3, -0.25) is 0 Å². The Labute approximate surface area is 363 Å². The Morgan fingerprint density at radius 1 is 0.273 bits per heavy atom. The van der Waals surface area contributed by atoms with Crippen LogP contribution in [0.2, 0.25) is 0 Å². The van der Waals surface area contributed by atoms with Crippen LogP contribution >= 0.6 is 7.82 Å². The molecule has 0 aromatic heterocycles. The van der Waals surface area contributed by atoms with Crippen molar-refractivity contribution in [3.8, 4) is 0 Å². The van der Waals surface area contributed by atoms with Crippen LogP contribution in [-0.4, -0.2) is 28.6 Å². The summed E-state index contributed by atoms with van der Waals surface area (Å²) in [7, 11) is -7.91. The normalized spacial score (nSPS) is 15.0. The molecule has 320 valence electrons. The largest absolute Gasteiger partial charge is 3.00 e. The van der Waals surface area contributed by atoms with Crippen molar-refractivity contribution in [2.75, 3.05) is 0 Å². The van der Waals surface area contributed by atoms with E-state index >= 15 is 0 Å². The fraction of sp³-hybridized carbons (Fsp3) is 0. The van der Waals surface area contributed by atoms with Gasteiger partial charge in [0.15, 0.2) is 0 Å².